The average molecular weight is 754 g/mol. The summed E-state index contributed by atoms with van der Waals surface area (Å²) in [5, 5.41) is 9.16. The maximum atomic E-state index is 6.71. The van der Waals surface area contributed by atoms with Crippen LogP contribution >= 0.6 is 0 Å². The van der Waals surface area contributed by atoms with Crippen LogP contribution in [0.5, 0.6) is 0 Å². The molecule has 0 N–H and O–H groups in total. The Kier molecular flexibility index (Phi) is 7.54. The van der Waals surface area contributed by atoms with Crippen LogP contribution in [0.3, 0.4) is 0 Å². The largest absolute Gasteiger partial charge is 0.455 e. The lowest BCUT2D eigenvalue weighted by atomic mass is 9.95. The highest BCUT2D eigenvalue weighted by atomic mass is 16.3. The van der Waals surface area contributed by atoms with Crippen molar-refractivity contribution in [2.45, 2.75) is 0 Å². The van der Waals surface area contributed by atoms with E-state index in [-0.39, 0.29) is 0 Å². The van der Waals surface area contributed by atoms with Gasteiger partial charge in [0.1, 0.15) is 22.3 Å². The van der Waals surface area contributed by atoms with Gasteiger partial charge in [0.05, 0.1) is 11.1 Å². The van der Waals surface area contributed by atoms with Gasteiger partial charge in [-0.15, -0.1) is 0 Å². The first-order valence-electron chi connectivity index (χ1n) is 20.1. The summed E-state index contributed by atoms with van der Waals surface area (Å²) in [4.78, 5) is 2.37. The monoisotopic (exact) mass is 753 g/mol. The van der Waals surface area contributed by atoms with Crippen LogP contribution < -0.4 is 4.90 Å². The van der Waals surface area contributed by atoms with E-state index >= 15 is 0 Å². The quantitative estimate of drug-likeness (QED) is 0.169. The van der Waals surface area contributed by atoms with Crippen LogP contribution in [0.2, 0.25) is 0 Å². The van der Waals surface area contributed by atoms with Crippen molar-refractivity contribution in [1.82, 2.24) is 0 Å². The minimum absolute atomic E-state index is 0.851. The van der Waals surface area contributed by atoms with Crippen molar-refractivity contribution in [3.05, 3.63) is 212 Å². The molecular formula is C56H35NO2. The van der Waals surface area contributed by atoms with Crippen LogP contribution in [0.15, 0.2) is 221 Å². The Hall–Kier alpha value is -7.88. The van der Waals surface area contributed by atoms with Gasteiger partial charge in [0.15, 0.2) is 0 Å². The van der Waals surface area contributed by atoms with E-state index in [4.69, 9.17) is 8.83 Å². The molecule has 276 valence electrons. The van der Waals surface area contributed by atoms with E-state index in [0.717, 1.165) is 88.4 Å². The van der Waals surface area contributed by atoms with Crippen LogP contribution in [-0.2, 0) is 0 Å². The van der Waals surface area contributed by atoms with Gasteiger partial charge in [-0.3, -0.25) is 0 Å². The number of hydrogen-bond donors (Lipinski definition) is 0. The molecule has 12 rings (SSSR count). The Balaban J connectivity index is 1.03. The Bertz CT molecular complexity index is 3570. The molecule has 0 aliphatic carbocycles. The third-order valence-corrected chi connectivity index (χ3v) is 11.8. The summed E-state index contributed by atoms with van der Waals surface area (Å²) in [7, 11) is 0. The summed E-state index contributed by atoms with van der Waals surface area (Å²) in [6.07, 6.45) is 0. The van der Waals surface area contributed by atoms with Gasteiger partial charge in [-0.1, -0.05) is 158 Å². The van der Waals surface area contributed by atoms with E-state index < -0.39 is 0 Å². The number of hydrogen-bond acceptors (Lipinski definition) is 3. The van der Waals surface area contributed by atoms with Gasteiger partial charge in [-0.2, -0.15) is 0 Å². The third kappa shape index (κ3) is 5.44. The first-order valence-corrected chi connectivity index (χ1v) is 20.1. The lowest BCUT2D eigenvalue weighted by Crippen LogP contribution is -2.10. The van der Waals surface area contributed by atoms with E-state index in [2.05, 4.69) is 205 Å². The fraction of sp³-hybridized carbons (Fsp3) is 0. The zero-order chi connectivity index (χ0) is 38.9. The molecule has 10 aromatic carbocycles. The van der Waals surface area contributed by atoms with Crippen LogP contribution in [0.25, 0.3) is 98.8 Å². The second-order valence-electron chi connectivity index (χ2n) is 15.2. The number of furan rings is 2. The zero-order valence-electron chi connectivity index (χ0n) is 32.0. The van der Waals surface area contributed by atoms with Gasteiger partial charge in [0.25, 0.3) is 0 Å². The SMILES string of the molecule is c1cc(-c2ccc(N(c3cccc(-c4cccc5c4oc4ccccc45)c3)c3cccc4oc5c6ccccc6ccc5c34)cc2)cc(-c2cccc3ccccc23)c1. The van der Waals surface area contributed by atoms with Crippen molar-refractivity contribution in [2.75, 3.05) is 4.90 Å². The molecule has 59 heavy (non-hydrogen) atoms. The normalized spacial score (nSPS) is 11.7. The van der Waals surface area contributed by atoms with Crippen LogP contribution in [-0.4, -0.2) is 0 Å². The van der Waals surface area contributed by atoms with Crippen molar-refractivity contribution in [3.63, 3.8) is 0 Å². The lowest BCUT2D eigenvalue weighted by molar-refractivity contribution is 0.670. The fourth-order valence-corrected chi connectivity index (χ4v) is 9.08. The van der Waals surface area contributed by atoms with Crippen molar-refractivity contribution in [1.29, 1.82) is 0 Å². The summed E-state index contributed by atoms with van der Waals surface area (Å²) in [5.41, 5.74) is 13.5. The summed E-state index contributed by atoms with van der Waals surface area (Å²) < 4.78 is 13.2. The Morgan fingerprint density at radius 3 is 1.80 bits per heavy atom. The molecule has 0 aliphatic rings. The topological polar surface area (TPSA) is 29.5 Å². The number of rotatable bonds is 6. The second kappa shape index (κ2) is 13.4. The minimum atomic E-state index is 0.851. The standard InChI is InChI=1S/C56H35NO2/c1-3-19-44-37(12-1)14-9-22-45(44)40-16-7-15-39(34-40)36-28-31-42(32-29-36)57(51-25-11-27-53-54(51)50-33-30-38-13-2-4-20-46(38)56(50)59-53)43-18-8-17-41(35-43)47-23-10-24-49-48-21-5-6-26-52(48)58-55(47)49/h1-35H. The molecule has 0 spiro atoms. The van der Waals surface area contributed by atoms with Crippen LogP contribution in [0, 0.1) is 0 Å². The number of benzene rings is 10. The highest BCUT2D eigenvalue weighted by Gasteiger charge is 2.22. The first kappa shape index (κ1) is 33.3. The Morgan fingerprint density at radius 2 is 0.915 bits per heavy atom. The molecule has 0 bridgehead atoms. The van der Waals surface area contributed by atoms with Gasteiger partial charge in [-0.05, 0) is 98.6 Å². The third-order valence-electron chi connectivity index (χ3n) is 11.8. The molecule has 0 fully saturated rings. The van der Waals surface area contributed by atoms with Crippen molar-refractivity contribution in [3.8, 4) is 33.4 Å². The molecule has 0 radical (unpaired) electrons. The second-order valence-corrected chi connectivity index (χ2v) is 15.2. The predicted octanol–water partition coefficient (Wildman–Crippen LogP) is 16.3. The molecule has 2 heterocycles. The van der Waals surface area contributed by atoms with Gasteiger partial charge >= 0.3 is 0 Å². The summed E-state index contributed by atoms with van der Waals surface area (Å²) in [5.74, 6) is 0. The Morgan fingerprint density at radius 1 is 0.305 bits per heavy atom. The summed E-state index contributed by atoms with van der Waals surface area (Å²) in [6, 6.07) is 75.7. The average Bonchev–Trinajstić information content (AvgIpc) is 3.89. The van der Waals surface area contributed by atoms with Gasteiger partial charge < -0.3 is 13.7 Å². The maximum Gasteiger partial charge on any atom is 0.143 e. The Labute approximate surface area is 340 Å². The molecule has 0 saturated heterocycles. The molecule has 12 aromatic rings. The lowest BCUT2D eigenvalue weighted by Gasteiger charge is -2.27. The van der Waals surface area contributed by atoms with Gasteiger partial charge in [0, 0.05) is 38.5 Å². The zero-order valence-corrected chi connectivity index (χ0v) is 32.0. The smallest absolute Gasteiger partial charge is 0.143 e. The van der Waals surface area contributed by atoms with Crippen LogP contribution in [0.4, 0.5) is 17.1 Å². The van der Waals surface area contributed by atoms with E-state index in [0.29, 0.717) is 0 Å². The van der Waals surface area contributed by atoms with E-state index in [1.165, 1.54) is 27.5 Å². The van der Waals surface area contributed by atoms with E-state index in [1.807, 2.05) is 12.1 Å². The first-order chi connectivity index (χ1) is 29.2. The summed E-state index contributed by atoms with van der Waals surface area (Å²) >= 11 is 0. The molecular weight excluding hydrogens is 719 g/mol. The highest BCUT2D eigenvalue weighted by molar-refractivity contribution is 6.19. The van der Waals surface area contributed by atoms with Gasteiger partial charge in [0.2, 0.25) is 0 Å². The van der Waals surface area contributed by atoms with E-state index in [1.54, 1.807) is 0 Å². The molecule has 3 nitrogen and oxygen atoms in total. The van der Waals surface area contributed by atoms with Crippen molar-refractivity contribution < 1.29 is 8.83 Å². The van der Waals surface area contributed by atoms with Crippen molar-refractivity contribution >= 4 is 82.5 Å². The number of para-hydroxylation sites is 2. The maximum absolute atomic E-state index is 6.71. The molecule has 2 aromatic heterocycles. The molecule has 0 unspecified atom stereocenters. The summed E-state index contributed by atoms with van der Waals surface area (Å²) in [6.45, 7) is 0. The van der Waals surface area contributed by atoms with Gasteiger partial charge in [-0.25, -0.2) is 0 Å². The fourth-order valence-electron chi connectivity index (χ4n) is 9.08. The predicted molar refractivity (Wildman–Crippen MR) is 247 cm³/mol. The van der Waals surface area contributed by atoms with E-state index in [9.17, 15) is 0 Å². The minimum Gasteiger partial charge on any atom is -0.455 e. The van der Waals surface area contributed by atoms with Crippen LogP contribution in [0.1, 0.15) is 0 Å². The molecule has 0 amide bonds. The highest BCUT2D eigenvalue weighted by Crippen LogP contribution is 2.46. The number of anilines is 3. The van der Waals surface area contributed by atoms with Crippen molar-refractivity contribution in [2.24, 2.45) is 0 Å². The molecule has 0 saturated carbocycles. The molecule has 0 aliphatic heterocycles. The molecule has 3 heteroatoms. The number of nitrogens with zero attached hydrogens (tertiary/aromatic N) is 1. The molecule has 0 atom stereocenters. The number of fused-ring (bicyclic) bond motifs is 9.